The van der Waals surface area contributed by atoms with E-state index in [1.54, 1.807) is 0 Å². The van der Waals surface area contributed by atoms with Gasteiger partial charge >= 0.3 is 0 Å². The maximum Gasteiger partial charge on any atom is 0.155 e. The number of hydrogen-bond acceptors (Lipinski definition) is 4. The average Bonchev–Trinajstić information content (AvgIpc) is 1.83. The number of hydrogen-bond donors (Lipinski definition) is 1. The fraction of sp³-hybridized carbons (Fsp3) is 1.00. The second kappa shape index (κ2) is 4.52. The van der Waals surface area contributed by atoms with E-state index >= 15 is 0 Å². The first-order valence-electron chi connectivity index (χ1n) is 2.46. The quantitative estimate of drug-likeness (QED) is 0.426. The van der Waals surface area contributed by atoms with Gasteiger partial charge < -0.3 is 10.6 Å². The molecule has 0 radical (unpaired) electrons. The molecule has 8 heavy (non-hydrogen) atoms. The minimum absolute atomic E-state index is 0.215. The van der Waals surface area contributed by atoms with Crippen molar-refractivity contribution >= 4 is 0 Å². The molecule has 0 amide bonds. The molecular weight excluding hydrogens is 108 g/mol. The van der Waals surface area contributed by atoms with Crippen LogP contribution in [0.25, 0.3) is 0 Å². The van der Waals surface area contributed by atoms with Crippen molar-refractivity contribution in [3.8, 4) is 0 Å². The summed E-state index contributed by atoms with van der Waals surface area (Å²) in [6.45, 7) is 2.72. The molecule has 0 fully saturated rings. The summed E-state index contributed by atoms with van der Waals surface area (Å²) in [7, 11) is 0. The lowest BCUT2D eigenvalue weighted by atomic mass is 10.2. The van der Waals surface area contributed by atoms with Crippen LogP contribution in [0.4, 0.5) is 0 Å². The second-order valence-corrected chi connectivity index (χ2v) is 1.71. The maximum atomic E-state index is 9.31. The minimum atomic E-state index is 0.215. The lowest BCUT2D eigenvalue weighted by molar-refractivity contribution is 0.111. The van der Waals surface area contributed by atoms with Crippen molar-refractivity contribution in [2.75, 3.05) is 13.2 Å². The van der Waals surface area contributed by atoms with Crippen molar-refractivity contribution in [2.24, 2.45) is 17.0 Å². The molecule has 0 aliphatic carbocycles. The zero-order chi connectivity index (χ0) is 6.41. The molecule has 0 aromatic heterocycles. The highest BCUT2D eigenvalue weighted by molar-refractivity contribution is 4.47. The van der Waals surface area contributed by atoms with Crippen LogP contribution in [0.2, 0.25) is 0 Å². The fourth-order valence-corrected chi connectivity index (χ4v) is 0.226. The van der Waals surface area contributed by atoms with Crippen LogP contribution in [-0.2, 0) is 4.84 Å². The third kappa shape index (κ3) is 3.55. The first-order valence-corrected chi connectivity index (χ1v) is 2.46. The van der Waals surface area contributed by atoms with E-state index in [0.717, 1.165) is 0 Å². The van der Waals surface area contributed by atoms with E-state index in [0.29, 0.717) is 13.2 Å². The molecule has 0 bridgehead atoms. The molecule has 4 heteroatoms. The van der Waals surface area contributed by atoms with E-state index in [9.17, 15) is 4.91 Å². The Morgan fingerprint density at radius 2 is 2.50 bits per heavy atom. The van der Waals surface area contributed by atoms with Crippen molar-refractivity contribution in [1.29, 1.82) is 0 Å². The van der Waals surface area contributed by atoms with Crippen LogP contribution >= 0.6 is 0 Å². The normalized spacial score (nSPS) is 12.8. The van der Waals surface area contributed by atoms with E-state index in [1.165, 1.54) is 0 Å². The van der Waals surface area contributed by atoms with Crippen LogP contribution in [0.5, 0.6) is 0 Å². The summed E-state index contributed by atoms with van der Waals surface area (Å²) in [5, 5.41) is 2.22. The molecule has 0 spiro atoms. The monoisotopic (exact) mass is 118 g/mol. The van der Waals surface area contributed by atoms with Gasteiger partial charge in [-0.3, -0.25) is 0 Å². The first-order chi connectivity index (χ1) is 3.81. The Bertz CT molecular complexity index is 67.1. The number of nitrogens with zero attached hydrogens (tertiary/aromatic N) is 1. The van der Waals surface area contributed by atoms with Crippen LogP contribution in [0, 0.1) is 10.8 Å². The maximum absolute atomic E-state index is 9.31. The third-order valence-corrected chi connectivity index (χ3v) is 0.814. The van der Waals surface area contributed by atoms with Gasteiger partial charge in [-0.2, -0.15) is 0 Å². The van der Waals surface area contributed by atoms with Crippen LogP contribution in [0.15, 0.2) is 5.34 Å². The summed E-state index contributed by atoms with van der Waals surface area (Å²) in [4.78, 5) is 13.5. The Balaban J connectivity index is 2.97. The predicted molar refractivity (Wildman–Crippen MR) is 30.0 cm³/mol. The standard InChI is InChI=1S/C4H10N2O2/c1-4(2-5)3-8-6-7/h4H,2-3,5H2,1H3. The molecule has 1 atom stereocenters. The summed E-state index contributed by atoms with van der Waals surface area (Å²) in [5.74, 6) is 0.215. The van der Waals surface area contributed by atoms with E-state index in [2.05, 4.69) is 10.2 Å². The summed E-state index contributed by atoms with van der Waals surface area (Å²) in [6.07, 6.45) is 0. The predicted octanol–water partition coefficient (Wildman–Crippen LogP) is 0.279. The highest BCUT2D eigenvalue weighted by Crippen LogP contribution is 1.90. The summed E-state index contributed by atoms with van der Waals surface area (Å²) in [5.41, 5.74) is 5.19. The van der Waals surface area contributed by atoms with Gasteiger partial charge in [0, 0.05) is 5.92 Å². The van der Waals surface area contributed by atoms with Crippen LogP contribution in [-0.4, -0.2) is 13.2 Å². The Kier molecular flexibility index (Phi) is 4.16. The van der Waals surface area contributed by atoms with Crippen molar-refractivity contribution < 1.29 is 4.84 Å². The van der Waals surface area contributed by atoms with Crippen LogP contribution < -0.4 is 5.73 Å². The molecule has 0 saturated heterocycles. The van der Waals surface area contributed by atoms with Crippen LogP contribution in [0.3, 0.4) is 0 Å². The molecule has 4 nitrogen and oxygen atoms in total. The SMILES string of the molecule is CC(CN)CON=O. The smallest absolute Gasteiger partial charge is 0.155 e. The minimum Gasteiger partial charge on any atom is -0.364 e. The van der Waals surface area contributed by atoms with Crippen molar-refractivity contribution in [1.82, 2.24) is 0 Å². The Morgan fingerprint density at radius 3 is 2.88 bits per heavy atom. The molecule has 0 aliphatic rings. The van der Waals surface area contributed by atoms with E-state index in [4.69, 9.17) is 5.73 Å². The molecule has 0 rings (SSSR count). The Hall–Kier alpha value is -0.640. The van der Waals surface area contributed by atoms with Crippen LogP contribution in [0.1, 0.15) is 6.92 Å². The molecule has 0 saturated carbocycles. The van der Waals surface area contributed by atoms with Gasteiger partial charge in [-0.1, -0.05) is 6.92 Å². The molecular formula is C4H10N2O2. The van der Waals surface area contributed by atoms with Gasteiger partial charge in [-0.05, 0) is 6.54 Å². The molecule has 48 valence electrons. The van der Waals surface area contributed by atoms with Gasteiger partial charge in [-0.15, -0.1) is 4.91 Å². The second-order valence-electron chi connectivity index (χ2n) is 1.71. The Labute approximate surface area is 47.9 Å². The topological polar surface area (TPSA) is 64.7 Å². The first kappa shape index (κ1) is 7.36. The van der Waals surface area contributed by atoms with Gasteiger partial charge in [0.15, 0.2) is 5.34 Å². The number of rotatable bonds is 4. The fourth-order valence-electron chi connectivity index (χ4n) is 0.226. The third-order valence-electron chi connectivity index (χ3n) is 0.814. The lowest BCUT2D eigenvalue weighted by Crippen LogP contribution is -2.14. The van der Waals surface area contributed by atoms with E-state index in [1.807, 2.05) is 6.92 Å². The molecule has 0 aromatic carbocycles. The van der Waals surface area contributed by atoms with E-state index in [-0.39, 0.29) is 5.92 Å². The lowest BCUT2D eigenvalue weighted by Gasteiger charge is -2.01. The summed E-state index contributed by atoms with van der Waals surface area (Å²) in [6, 6.07) is 0. The molecule has 0 aliphatic heterocycles. The van der Waals surface area contributed by atoms with Gasteiger partial charge in [0.25, 0.3) is 0 Å². The van der Waals surface area contributed by atoms with Crippen molar-refractivity contribution in [3.05, 3.63) is 4.91 Å². The molecule has 0 aromatic rings. The van der Waals surface area contributed by atoms with Crippen molar-refractivity contribution in [2.45, 2.75) is 6.92 Å². The summed E-state index contributed by atoms with van der Waals surface area (Å²) >= 11 is 0. The highest BCUT2D eigenvalue weighted by Gasteiger charge is 1.96. The van der Waals surface area contributed by atoms with Gasteiger partial charge in [0.05, 0.1) is 0 Å². The number of nitrogens with two attached hydrogens (primary N) is 1. The molecule has 1 unspecified atom stereocenters. The Morgan fingerprint density at radius 1 is 1.88 bits per heavy atom. The molecule has 0 heterocycles. The van der Waals surface area contributed by atoms with Gasteiger partial charge in [0.2, 0.25) is 0 Å². The highest BCUT2D eigenvalue weighted by atomic mass is 16.7. The van der Waals surface area contributed by atoms with Gasteiger partial charge in [0.1, 0.15) is 6.61 Å². The summed E-state index contributed by atoms with van der Waals surface area (Å²) < 4.78 is 0. The zero-order valence-corrected chi connectivity index (χ0v) is 4.83. The molecule has 2 N–H and O–H groups in total. The average molecular weight is 118 g/mol. The van der Waals surface area contributed by atoms with Crippen molar-refractivity contribution in [3.63, 3.8) is 0 Å². The zero-order valence-electron chi connectivity index (χ0n) is 4.83. The largest absolute Gasteiger partial charge is 0.364 e. The van der Waals surface area contributed by atoms with Gasteiger partial charge in [-0.25, -0.2) is 0 Å². The van der Waals surface area contributed by atoms with E-state index < -0.39 is 0 Å².